The molecule has 1 aromatic heterocycles. The average Bonchev–Trinajstić information content (AvgIpc) is 2.68. The molecule has 1 aliphatic rings. The first-order chi connectivity index (χ1) is 13.2. The first kappa shape index (κ1) is 18.0. The molecule has 4 nitrogen and oxygen atoms in total. The highest BCUT2D eigenvalue weighted by atomic mass is 16.1. The van der Waals surface area contributed by atoms with Gasteiger partial charge in [-0.1, -0.05) is 42.0 Å². The van der Waals surface area contributed by atoms with Crippen LogP contribution >= 0.6 is 0 Å². The number of H-pyrrole nitrogens is 1. The molecular formula is C23H29N3O+2. The van der Waals surface area contributed by atoms with E-state index in [4.69, 9.17) is 0 Å². The summed E-state index contributed by atoms with van der Waals surface area (Å²) in [5, 5.41) is 3.49. The minimum absolute atomic E-state index is 0.0507. The molecule has 4 heteroatoms. The van der Waals surface area contributed by atoms with E-state index in [1.54, 1.807) is 4.90 Å². The maximum atomic E-state index is 12.4. The van der Waals surface area contributed by atoms with Crippen molar-refractivity contribution in [1.82, 2.24) is 4.98 Å². The van der Waals surface area contributed by atoms with Gasteiger partial charge in [-0.05, 0) is 30.5 Å². The monoisotopic (exact) mass is 363 g/mol. The highest BCUT2D eigenvalue weighted by Crippen LogP contribution is 2.12. The van der Waals surface area contributed by atoms with Crippen molar-refractivity contribution in [1.29, 1.82) is 0 Å². The summed E-state index contributed by atoms with van der Waals surface area (Å²) in [4.78, 5) is 17.1. The second-order valence-electron chi connectivity index (χ2n) is 7.90. The van der Waals surface area contributed by atoms with Crippen LogP contribution in [0.1, 0.15) is 29.5 Å². The third kappa shape index (κ3) is 4.46. The number of quaternary nitrogens is 2. The van der Waals surface area contributed by atoms with Crippen LogP contribution in [0.4, 0.5) is 0 Å². The van der Waals surface area contributed by atoms with Gasteiger partial charge in [-0.25, -0.2) is 0 Å². The van der Waals surface area contributed by atoms with Crippen LogP contribution in [0.25, 0.3) is 10.9 Å². The van der Waals surface area contributed by atoms with Crippen LogP contribution in [0.3, 0.4) is 0 Å². The topological polar surface area (TPSA) is 53.9 Å². The number of aromatic nitrogens is 1. The van der Waals surface area contributed by atoms with Crippen molar-refractivity contribution >= 4 is 10.9 Å². The van der Waals surface area contributed by atoms with Crippen molar-refractivity contribution in [3.8, 4) is 0 Å². The third-order valence-electron chi connectivity index (χ3n) is 5.78. The first-order valence-electron chi connectivity index (χ1n) is 10.0. The Morgan fingerprint density at radius 3 is 2.63 bits per heavy atom. The molecule has 0 bridgehead atoms. The lowest BCUT2D eigenvalue weighted by molar-refractivity contribution is -0.926. The number of hydrogen-bond acceptors (Lipinski definition) is 1. The van der Waals surface area contributed by atoms with Crippen LogP contribution in [-0.4, -0.2) is 24.1 Å². The molecule has 0 saturated carbocycles. The SMILES string of the molecule is Cc1ccc2[nH]c(=O)c(C[NH2+]C3CC[NH+](Cc4ccccc4)CC3)cc2c1. The summed E-state index contributed by atoms with van der Waals surface area (Å²) in [6.07, 6.45) is 2.43. The summed E-state index contributed by atoms with van der Waals surface area (Å²) in [6, 6.07) is 19.6. The molecule has 2 heterocycles. The average molecular weight is 364 g/mol. The molecule has 0 spiro atoms. The molecule has 2 aromatic carbocycles. The second kappa shape index (κ2) is 8.07. The van der Waals surface area contributed by atoms with Crippen LogP contribution < -0.4 is 15.8 Å². The third-order valence-corrected chi connectivity index (χ3v) is 5.78. The largest absolute Gasteiger partial charge is 0.340 e. The number of fused-ring (bicyclic) bond motifs is 1. The van der Waals surface area contributed by atoms with E-state index < -0.39 is 0 Å². The Morgan fingerprint density at radius 1 is 1.07 bits per heavy atom. The zero-order chi connectivity index (χ0) is 18.6. The predicted octanol–water partition coefficient (Wildman–Crippen LogP) is 1.15. The van der Waals surface area contributed by atoms with Crippen LogP contribution in [0.2, 0.25) is 0 Å². The number of aromatic amines is 1. The number of aryl methyl sites for hydroxylation is 1. The molecule has 1 aliphatic heterocycles. The summed E-state index contributed by atoms with van der Waals surface area (Å²) in [6.45, 7) is 6.39. The molecule has 1 fully saturated rings. The van der Waals surface area contributed by atoms with Crippen LogP contribution in [0.15, 0.2) is 59.4 Å². The number of piperidine rings is 1. The van der Waals surface area contributed by atoms with Gasteiger partial charge in [0.15, 0.2) is 0 Å². The van der Waals surface area contributed by atoms with Crippen molar-refractivity contribution in [3.63, 3.8) is 0 Å². The molecule has 0 aliphatic carbocycles. The number of pyridine rings is 1. The van der Waals surface area contributed by atoms with Crippen molar-refractivity contribution in [2.45, 2.75) is 38.9 Å². The number of hydrogen-bond donors (Lipinski definition) is 3. The van der Waals surface area contributed by atoms with E-state index in [1.807, 2.05) is 12.1 Å². The number of rotatable bonds is 5. The van der Waals surface area contributed by atoms with Crippen molar-refractivity contribution in [3.05, 3.63) is 81.6 Å². The van der Waals surface area contributed by atoms with Crippen LogP contribution in [-0.2, 0) is 13.1 Å². The van der Waals surface area contributed by atoms with E-state index in [2.05, 4.69) is 59.7 Å². The summed E-state index contributed by atoms with van der Waals surface area (Å²) >= 11 is 0. The van der Waals surface area contributed by atoms with Crippen molar-refractivity contribution in [2.24, 2.45) is 0 Å². The Bertz CT molecular complexity index is 956. The van der Waals surface area contributed by atoms with E-state index in [0.29, 0.717) is 6.04 Å². The Hall–Kier alpha value is -2.43. The summed E-state index contributed by atoms with van der Waals surface area (Å²) in [7, 11) is 0. The fourth-order valence-electron chi connectivity index (χ4n) is 4.16. The molecule has 4 rings (SSSR count). The minimum atomic E-state index is 0.0507. The quantitative estimate of drug-likeness (QED) is 0.626. The molecule has 0 amide bonds. The molecule has 0 radical (unpaired) electrons. The van der Waals surface area contributed by atoms with Gasteiger partial charge < -0.3 is 15.2 Å². The van der Waals surface area contributed by atoms with Gasteiger partial charge in [0.1, 0.15) is 13.1 Å². The Kier molecular flexibility index (Phi) is 5.37. The van der Waals surface area contributed by atoms with Crippen LogP contribution in [0.5, 0.6) is 0 Å². The van der Waals surface area contributed by atoms with Crippen molar-refractivity contribution in [2.75, 3.05) is 13.1 Å². The number of nitrogens with two attached hydrogens (primary N) is 1. The second-order valence-corrected chi connectivity index (χ2v) is 7.90. The maximum Gasteiger partial charge on any atom is 0.257 e. The van der Waals surface area contributed by atoms with E-state index in [1.165, 1.54) is 37.1 Å². The van der Waals surface area contributed by atoms with Gasteiger partial charge in [0.25, 0.3) is 5.56 Å². The highest BCUT2D eigenvalue weighted by molar-refractivity contribution is 5.79. The van der Waals surface area contributed by atoms with Gasteiger partial charge in [-0.3, -0.25) is 4.79 Å². The van der Waals surface area contributed by atoms with Gasteiger partial charge in [0, 0.05) is 23.9 Å². The lowest BCUT2D eigenvalue weighted by Gasteiger charge is -2.28. The lowest BCUT2D eigenvalue weighted by Crippen LogP contribution is -3.13. The minimum Gasteiger partial charge on any atom is -0.340 e. The Labute approximate surface area is 160 Å². The zero-order valence-corrected chi connectivity index (χ0v) is 16.0. The Morgan fingerprint density at radius 2 is 1.85 bits per heavy atom. The van der Waals surface area contributed by atoms with Gasteiger partial charge in [-0.2, -0.15) is 0 Å². The van der Waals surface area contributed by atoms with Gasteiger partial charge in [0.2, 0.25) is 0 Å². The number of nitrogens with one attached hydrogen (secondary N) is 2. The fraction of sp³-hybridized carbons (Fsp3) is 0.348. The van der Waals surface area contributed by atoms with Crippen LogP contribution in [0, 0.1) is 6.92 Å². The summed E-state index contributed by atoms with van der Waals surface area (Å²) in [5.41, 5.74) is 4.50. The smallest absolute Gasteiger partial charge is 0.257 e. The molecule has 0 unspecified atom stereocenters. The molecule has 4 N–H and O–H groups in total. The van der Waals surface area contributed by atoms with E-state index in [9.17, 15) is 4.79 Å². The van der Waals surface area contributed by atoms with Crippen molar-refractivity contribution < 1.29 is 10.2 Å². The zero-order valence-electron chi connectivity index (χ0n) is 16.0. The predicted molar refractivity (Wildman–Crippen MR) is 109 cm³/mol. The molecule has 1 saturated heterocycles. The molecule has 27 heavy (non-hydrogen) atoms. The maximum absolute atomic E-state index is 12.4. The fourth-order valence-corrected chi connectivity index (χ4v) is 4.16. The highest BCUT2D eigenvalue weighted by Gasteiger charge is 2.24. The first-order valence-corrected chi connectivity index (χ1v) is 10.0. The van der Waals surface area contributed by atoms with E-state index in [0.717, 1.165) is 29.6 Å². The standard InChI is InChI=1S/C23H27N3O/c1-17-7-8-22-19(13-17)14-20(23(27)25-22)15-24-21-9-11-26(12-10-21)16-18-5-3-2-4-6-18/h2-8,13-14,21,24H,9-12,15-16H2,1H3,(H,25,27)/p+2. The number of benzene rings is 2. The Balaban J connectivity index is 1.33. The molecule has 0 atom stereocenters. The normalized spacial score (nSPS) is 20.0. The molecular weight excluding hydrogens is 334 g/mol. The van der Waals surface area contributed by atoms with Gasteiger partial charge in [0.05, 0.1) is 24.7 Å². The summed E-state index contributed by atoms with van der Waals surface area (Å²) < 4.78 is 0. The van der Waals surface area contributed by atoms with E-state index in [-0.39, 0.29) is 5.56 Å². The molecule has 140 valence electrons. The van der Waals surface area contributed by atoms with E-state index >= 15 is 0 Å². The van der Waals surface area contributed by atoms with Gasteiger partial charge >= 0.3 is 0 Å². The molecule has 3 aromatic rings. The number of likely N-dealkylation sites (tertiary alicyclic amines) is 1. The lowest BCUT2D eigenvalue weighted by atomic mass is 10.0. The van der Waals surface area contributed by atoms with Gasteiger partial charge in [-0.15, -0.1) is 0 Å². The summed E-state index contributed by atoms with van der Waals surface area (Å²) in [5.74, 6) is 0.